The number of halogens is 2. The Morgan fingerprint density at radius 1 is 1.00 bits per heavy atom. The molecule has 0 radical (unpaired) electrons. The highest BCUT2D eigenvalue weighted by molar-refractivity contribution is 6.42. The number of aryl methyl sites for hydroxylation is 1. The molecule has 1 N–H and O–H groups in total. The second-order valence-corrected chi connectivity index (χ2v) is 8.69. The molecule has 0 unspecified atom stereocenters. The number of carbonyl (C=O) groups excluding carboxylic acids is 2. The minimum absolute atomic E-state index is 0.0804. The van der Waals surface area contributed by atoms with Crippen molar-refractivity contribution >= 4 is 45.8 Å². The number of amides is 2. The first-order valence-corrected chi connectivity index (χ1v) is 11.6. The summed E-state index contributed by atoms with van der Waals surface area (Å²) in [5, 5.41) is 6.07. The maximum absolute atomic E-state index is 13.3. The summed E-state index contributed by atoms with van der Waals surface area (Å²) >= 11 is 12.2. The van der Waals surface area contributed by atoms with E-state index in [-0.39, 0.29) is 18.4 Å². The van der Waals surface area contributed by atoms with Crippen LogP contribution in [0.5, 0.6) is 0 Å². The quantitative estimate of drug-likeness (QED) is 0.415. The molecule has 0 aliphatic carbocycles. The third-order valence-corrected chi connectivity index (χ3v) is 6.28. The van der Waals surface area contributed by atoms with Gasteiger partial charge in [-0.1, -0.05) is 78.7 Å². The number of nitrogens with one attached hydrogen (secondary N) is 1. The van der Waals surface area contributed by atoms with Crippen LogP contribution in [0.25, 0.3) is 10.8 Å². The number of nitrogens with zero attached hydrogens (tertiary/aromatic N) is 1. The number of hydrogen-bond acceptors (Lipinski definition) is 2. The van der Waals surface area contributed by atoms with Gasteiger partial charge >= 0.3 is 0 Å². The van der Waals surface area contributed by atoms with E-state index in [9.17, 15) is 9.59 Å². The molecule has 168 valence electrons. The summed E-state index contributed by atoms with van der Waals surface area (Å²) in [6.45, 7) is 4.62. The van der Waals surface area contributed by atoms with Crippen LogP contribution in [0.1, 0.15) is 37.8 Å². The zero-order chi connectivity index (χ0) is 23.1. The van der Waals surface area contributed by atoms with Crippen molar-refractivity contribution in [1.82, 2.24) is 10.2 Å². The van der Waals surface area contributed by atoms with Crippen molar-refractivity contribution in [3.8, 4) is 0 Å². The molecule has 3 rings (SSSR count). The fraction of sp³-hybridized carbons (Fsp3) is 0.308. The Balaban J connectivity index is 1.79. The first-order valence-electron chi connectivity index (χ1n) is 10.9. The van der Waals surface area contributed by atoms with Crippen LogP contribution >= 0.6 is 23.2 Å². The Labute approximate surface area is 199 Å². The van der Waals surface area contributed by atoms with Crippen LogP contribution in [0.4, 0.5) is 0 Å². The summed E-state index contributed by atoms with van der Waals surface area (Å²) in [5.74, 6) is -0.242. The minimum atomic E-state index is -0.601. The van der Waals surface area contributed by atoms with Gasteiger partial charge in [-0.25, -0.2) is 0 Å². The van der Waals surface area contributed by atoms with Gasteiger partial charge in [0.15, 0.2) is 0 Å². The molecular formula is C26H28Cl2N2O2. The second-order valence-electron chi connectivity index (χ2n) is 7.88. The van der Waals surface area contributed by atoms with E-state index in [1.165, 1.54) is 0 Å². The first kappa shape index (κ1) is 24.1. The van der Waals surface area contributed by atoms with E-state index >= 15 is 0 Å². The molecule has 0 spiro atoms. The lowest BCUT2D eigenvalue weighted by molar-refractivity contribution is -0.140. The molecule has 4 nitrogen and oxygen atoms in total. The van der Waals surface area contributed by atoms with Crippen LogP contribution in [0.2, 0.25) is 10.0 Å². The largest absolute Gasteiger partial charge is 0.354 e. The van der Waals surface area contributed by atoms with Crippen LogP contribution in [0.15, 0.2) is 60.7 Å². The average Bonchev–Trinajstić information content (AvgIpc) is 2.81. The Bertz CT molecular complexity index is 1090. The standard InChI is InChI=1S/C26H28Cl2N2O2/c1-3-15-29-26(32)18(2)30(17-19-11-13-23(27)24(28)16-19)25(31)14-12-21-9-6-8-20-7-4-5-10-22(20)21/h4-11,13,16,18H,3,12,14-15,17H2,1-2H3,(H,29,32)/t18-/m0/s1. The molecular weight excluding hydrogens is 443 g/mol. The summed E-state index contributed by atoms with van der Waals surface area (Å²) in [4.78, 5) is 27.6. The molecule has 0 aliphatic rings. The predicted molar refractivity (Wildman–Crippen MR) is 132 cm³/mol. The Morgan fingerprint density at radius 2 is 1.75 bits per heavy atom. The third kappa shape index (κ3) is 6.02. The van der Waals surface area contributed by atoms with Gasteiger partial charge in [0.2, 0.25) is 11.8 Å². The Hall–Kier alpha value is -2.56. The van der Waals surface area contributed by atoms with Crippen LogP contribution in [-0.4, -0.2) is 29.3 Å². The maximum atomic E-state index is 13.3. The van der Waals surface area contributed by atoms with Crippen LogP contribution in [0, 0.1) is 0 Å². The van der Waals surface area contributed by atoms with Gasteiger partial charge in [0, 0.05) is 19.5 Å². The first-order chi connectivity index (χ1) is 15.4. The highest BCUT2D eigenvalue weighted by Gasteiger charge is 2.26. The molecule has 2 amide bonds. The van der Waals surface area contributed by atoms with Gasteiger partial charge < -0.3 is 10.2 Å². The zero-order valence-corrected chi connectivity index (χ0v) is 19.9. The van der Waals surface area contributed by atoms with Gasteiger partial charge in [-0.05, 0) is 53.8 Å². The molecule has 32 heavy (non-hydrogen) atoms. The van der Waals surface area contributed by atoms with Crippen LogP contribution in [-0.2, 0) is 22.6 Å². The van der Waals surface area contributed by atoms with Crippen LogP contribution < -0.4 is 5.32 Å². The predicted octanol–water partition coefficient (Wildman–Crippen LogP) is 6.02. The normalized spacial score (nSPS) is 11.9. The van der Waals surface area contributed by atoms with E-state index in [0.717, 1.165) is 28.3 Å². The molecule has 0 aromatic heterocycles. The van der Waals surface area contributed by atoms with E-state index < -0.39 is 6.04 Å². The van der Waals surface area contributed by atoms with E-state index in [2.05, 4.69) is 29.6 Å². The summed E-state index contributed by atoms with van der Waals surface area (Å²) in [6, 6.07) is 19.0. The fourth-order valence-electron chi connectivity index (χ4n) is 3.71. The lowest BCUT2D eigenvalue weighted by atomic mass is 10.0. The molecule has 3 aromatic rings. The fourth-order valence-corrected chi connectivity index (χ4v) is 4.03. The van der Waals surface area contributed by atoms with E-state index in [1.807, 2.05) is 31.2 Å². The Kier molecular flexibility index (Phi) is 8.54. The van der Waals surface area contributed by atoms with Gasteiger partial charge in [0.05, 0.1) is 10.0 Å². The lowest BCUT2D eigenvalue weighted by Crippen LogP contribution is -2.47. The minimum Gasteiger partial charge on any atom is -0.354 e. The summed E-state index contributed by atoms with van der Waals surface area (Å²) in [7, 11) is 0. The van der Waals surface area contributed by atoms with E-state index in [1.54, 1.807) is 24.0 Å². The van der Waals surface area contributed by atoms with Gasteiger partial charge in [-0.15, -0.1) is 0 Å². The van der Waals surface area contributed by atoms with Gasteiger partial charge in [-0.3, -0.25) is 9.59 Å². The van der Waals surface area contributed by atoms with Crippen molar-refractivity contribution in [1.29, 1.82) is 0 Å². The highest BCUT2D eigenvalue weighted by Crippen LogP contribution is 2.24. The molecule has 0 saturated heterocycles. The highest BCUT2D eigenvalue weighted by atomic mass is 35.5. The lowest BCUT2D eigenvalue weighted by Gasteiger charge is -2.29. The van der Waals surface area contributed by atoms with Crippen molar-refractivity contribution in [3.05, 3.63) is 81.8 Å². The molecule has 0 aliphatic heterocycles. The van der Waals surface area contributed by atoms with Crippen LogP contribution in [0.3, 0.4) is 0 Å². The number of fused-ring (bicyclic) bond motifs is 1. The van der Waals surface area contributed by atoms with Gasteiger partial charge in [-0.2, -0.15) is 0 Å². The number of carbonyl (C=O) groups is 2. The molecule has 6 heteroatoms. The molecule has 0 fully saturated rings. The molecule has 3 aromatic carbocycles. The van der Waals surface area contributed by atoms with Crippen molar-refractivity contribution in [2.45, 2.75) is 45.7 Å². The number of rotatable bonds is 9. The summed E-state index contributed by atoms with van der Waals surface area (Å²) in [5.41, 5.74) is 1.95. The average molecular weight is 471 g/mol. The SMILES string of the molecule is CCCNC(=O)[C@H](C)N(Cc1ccc(Cl)c(Cl)c1)C(=O)CCc1cccc2ccccc12. The monoisotopic (exact) mass is 470 g/mol. The molecule has 1 atom stereocenters. The molecule has 0 saturated carbocycles. The van der Waals surface area contributed by atoms with E-state index in [0.29, 0.717) is 29.4 Å². The van der Waals surface area contributed by atoms with Crippen molar-refractivity contribution < 1.29 is 9.59 Å². The molecule has 0 bridgehead atoms. The van der Waals surface area contributed by atoms with Gasteiger partial charge in [0.25, 0.3) is 0 Å². The topological polar surface area (TPSA) is 49.4 Å². The smallest absolute Gasteiger partial charge is 0.242 e. The maximum Gasteiger partial charge on any atom is 0.242 e. The summed E-state index contributed by atoms with van der Waals surface area (Å²) < 4.78 is 0. The van der Waals surface area contributed by atoms with Crippen molar-refractivity contribution in [2.24, 2.45) is 0 Å². The number of hydrogen-bond donors (Lipinski definition) is 1. The summed E-state index contributed by atoms with van der Waals surface area (Å²) in [6.07, 6.45) is 1.74. The van der Waals surface area contributed by atoms with Crippen molar-refractivity contribution in [2.75, 3.05) is 6.54 Å². The molecule has 0 heterocycles. The van der Waals surface area contributed by atoms with E-state index in [4.69, 9.17) is 23.2 Å². The third-order valence-electron chi connectivity index (χ3n) is 5.54. The number of benzene rings is 3. The van der Waals surface area contributed by atoms with Gasteiger partial charge in [0.1, 0.15) is 6.04 Å². The zero-order valence-electron chi connectivity index (χ0n) is 18.4. The van der Waals surface area contributed by atoms with Crippen molar-refractivity contribution in [3.63, 3.8) is 0 Å². The second kappa shape index (κ2) is 11.3. The Morgan fingerprint density at radius 3 is 2.50 bits per heavy atom.